The van der Waals surface area contributed by atoms with Gasteiger partial charge in [-0.25, -0.2) is 18.4 Å². The van der Waals surface area contributed by atoms with Crippen LogP contribution in [0, 0.1) is 0 Å². The standard InChI is InChI=1S/C14H15N3O3S2/c15-22(19,20)12-3-1-11(2-4-12)16-14(18)17-7-5-13-10(9-17)6-8-21-13/h1-4,6,8H,5,7,9H2,(H,16,18)(H2,15,19,20). The van der Waals surface area contributed by atoms with Gasteiger partial charge in [-0.15, -0.1) is 11.3 Å². The fraction of sp³-hybridized carbons (Fsp3) is 0.214. The lowest BCUT2D eigenvalue weighted by Crippen LogP contribution is -2.38. The van der Waals surface area contributed by atoms with Crippen molar-refractivity contribution >= 4 is 33.1 Å². The fourth-order valence-corrected chi connectivity index (χ4v) is 3.76. The van der Waals surface area contributed by atoms with Gasteiger partial charge in [-0.05, 0) is 47.7 Å². The molecule has 1 aromatic heterocycles. The number of primary sulfonamides is 1. The molecule has 1 aromatic carbocycles. The molecule has 0 bridgehead atoms. The van der Waals surface area contributed by atoms with Crippen LogP contribution in [0.15, 0.2) is 40.6 Å². The van der Waals surface area contributed by atoms with Crippen molar-refractivity contribution in [1.29, 1.82) is 0 Å². The van der Waals surface area contributed by atoms with E-state index in [0.717, 1.165) is 6.42 Å². The number of nitrogens with two attached hydrogens (primary N) is 1. The third kappa shape index (κ3) is 3.13. The Bertz CT molecular complexity index is 797. The van der Waals surface area contributed by atoms with Gasteiger partial charge in [-0.1, -0.05) is 0 Å². The van der Waals surface area contributed by atoms with E-state index in [1.807, 2.05) is 11.4 Å². The summed E-state index contributed by atoms with van der Waals surface area (Å²) in [7, 11) is -3.72. The summed E-state index contributed by atoms with van der Waals surface area (Å²) in [6.07, 6.45) is 0.866. The summed E-state index contributed by atoms with van der Waals surface area (Å²) in [6, 6.07) is 7.64. The van der Waals surface area contributed by atoms with E-state index in [-0.39, 0.29) is 10.9 Å². The number of hydrogen-bond donors (Lipinski definition) is 2. The van der Waals surface area contributed by atoms with Gasteiger partial charge in [0.2, 0.25) is 10.0 Å². The van der Waals surface area contributed by atoms with Crippen LogP contribution in [-0.4, -0.2) is 25.9 Å². The molecule has 3 N–H and O–H groups in total. The lowest BCUT2D eigenvalue weighted by Gasteiger charge is -2.27. The lowest BCUT2D eigenvalue weighted by atomic mass is 10.1. The zero-order chi connectivity index (χ0) is 15.7. The van der Waals surface area contributed by atoms with Crippen molar-refractivity contribution in [3.05, 3.63) is 46.2 Å². The van der Waals surface area contributed by atoms with Crippen LogP contribution < -0.4 is 10.5 Å². The number of hydrogen-bond acceptors (Lipinski definition) is 4. The first-order valence-corrected chi connectivity index (χ1v) is 9.10. The van der Waals surface area contributed by atoms with Crippen LogP contribution in [0.3, 0.4) is 0 Å². The van der Waals surface area contributed by atoms with E-state index < -0.39 is 10.0 Å². The van der Waals surface area contributed by atoms with Crippen molar-refractivity contribution in [3.63, 3.8) is 0 Å². The molecule has 0 saturated heterocycles. The number of nitrogens with one attached hydrogen (secondary N) is 1. The van der Waals surface area contributed by atoms with Gasteiger partial charge >= 0.3 is 6.03 Å². The quantitative estimate of drug-likeness (QED) is 0.877. The molecule has 2 aromatic rings. The van der Waals surface area contributed by atoms with E-state index in [1.54, 1.807) is 16.2 Å². The number of sulfonamides is 1. The van der Waals surface area contributed by atoms with Gasteiger partial charge < -0.3 is 10.2 Å². The molecule has 2 amide bonds. The summed E-state index contributed by atoms with van der Waals surface area (Å²) in [6.45, 7) is 1.27. The van der Waals surface area contributed by atoms with E-state index in [0.29, 0.717) is 18.8 Å². The number of anilines is 1. The first-order chi connectivity index (χ1) is 10.4. The maximum Gasteiger partial charge on any atom is 0.322 e. The molecular weight excluding hydrogens is 322 g/mol. The Morgan fingerprint density at radius 3 is 2.64 bits per heavy atom. The Labute approximate surface area is 132 Å². The predicted octanol–water partition coefficient (Wildman–Crippen LogP) is 1.99. The third-order valence-electron chi connectivity index (χ3n) is 3.53. The number of rotatable bonds is 2. The van der Waals surface area contributed by atoms with Crippen molar-refractivity contribution in [1.82, 2.24) is 4.90 Å². The summed E-state index contributed by atoms with van der Waals surface area (Å²) in [5, 5.41) is 9.85. The molecule has 3 rings (SSSR count). The first-order valence-electron chi connectivity index (χ1n) is 6.67. The summed E-state index contributed by atoms with van der Waals surface area (Å²) in [4.78, 5) is 15.3. The second kappa shape index (κ2) is 5.71. The average Bonchev–Trinajstić information content (AvgIpc) is 2.94. The molecule has 116 valence electrons. The minimum atomic E-state index is -3.72. The Balaban J connectivity index is 1.67. The maximum absolute atomic E-state index is 12.3. The molecule has 0 radical (unpaired) electrons. The summed E-state index contributed by atoms with van der Waals surface area (Å²) in [5.74, 6) is 0. The number of benzene rings is 1. The number of carbonyl (C=O) groups excluding carboxylic acids is 1. The van der Waals surface area contributed by atoms with Crippen molar-refractivity contribution in [3.8, 4) is 0 Å². The molecule has 0 unspecified atom stereocenters. The van der Waals surface area contributed by atoms with Crippen LogP contribution in [0.5, 0.6) is 0 Å². The van der Waals surface area contributed by atoms with Crippen LogP contribution in [0.2, 0.25) is 0 Å². The Hall–Kier alpha value is -1.90. The van der Waals surface area contributed by atoms with Gasteiger partial charge in [0.1, 0.15) is 0 Å². The van der Waals surface area contributed by atoms with E-state index in [4.69, 9.17) is 5.14 Å². The van der Waals surface area contributed by atoms with E-state index >= 15 is 0 Å². The molecule has 0 spiro atoms. The molecular formula is C14H15N3O3S2. The fourth-order valence-electron chi connectivity index (χ4n) is 2.35. The van der Waals surface area contributed by atoms with Crippen molar-refractivity contribution < 1.29 is 13.2 Å². The van der Waals surface area contributed by atoms with Crippen LogP contribution in [0.4, 0.5) is 10.5 Å². The summed E-state index contributed by atoms with van der Waals surface area (Å²) in [5.41, 5.74) is 1.73. The minimum absolute atomic E-state index is 0.0198. The molecule has 8 heteroatoms. The highest BCUT2D eigenvalue weighted by atomic mass is 32.2. The smallest absolute Gasteiger partial charge is 0.320 e. The largest absolute Gasteiger partial charge is 0.322 e. The Kier molecular flexibility index (Phi) is 3.90. The van der Waals surface area contributed by atoms with E-state index in [2.05, 4.69) is 5.32 Å². The third-order valence-corrected chi connectivity index (χ3v) is 5.48. The van der Waals surface area contributed by atoms with Crippen molar-refractivity contribution in [2.24, 2.45) is 5.14 Å². The highest BCUT2D eigenvalue weighted by Crippen LogP contribution is 2.24. The first kappa shape index (κ1) is 15.0. The minimum Gasteiger partial charge on any atom is -0.320 e. The molecule has 1 aliphatic heterocycles. The van der Waals surface area contributed by atoms with Gasteiger partial charge in [0, 0.05) is 23.7 Å². The second-order valence-electron chi connectivity index (χ2n) is 5.04. The SMILES string of the molecule is NS(=O)(=O)c1ccc(NC(=O)N2CCc3sccc3C2)cc1. The molecule has 0 atom stereocenters. The van der Waals surface area contributed by atoms with Crippen LogP contribution in [0.1, 0.15) is 10.4 Å². The highest BCUT2D eigenvalue weighted by Gasteiger charge is 2.21. The molecule has 0 fully saturated rings. The average molecular weight is 337 g/mol. The van der Waals surface area contributed by atoms with Gasteiger partial charge in [-0.2, -0.15) is 0 Å². The Morgan fingerprint density at radius 1 is 1.23 bits per heavy atom. The second-order valence-corrected chi connectivity index (χ2v) is 7.60. The molecule has 1 aliphatic rings. The van der Waals surface area contributed by atoms with Gasteiger partial charge in [0.25, 0.3) is 0 Å². The Morgan fingerprint density at radius 2 is 1.95 bits per heavy atom. The molecule has 0 aliphatic carbocycles. The van der Waals surface area contributed by atoms with Crippen LogP contribution >= 0.6 is 11.3 Å². The lowest BCUT2D eigenvalue weighted by molar-refractivity contribution is 0.207. The molecule has 2 heterocycles. The monoisotopic (exact) mass is 337 g/mol. The van der Waals surface area contributed by atoms with Gasteiger partial charge in [0.15, 0.2) is 0 Å². The zero-order valence-electron chi connectivity index (χ0n) is 11.7. The van der Waals surface area contributed by atoms with Crippen molar-refractivity contribution in [2.75, 3.05) is 11.9 Å². The molecule has 6 nitrogen and oxygen atoms in total. The van der Waals surface area contributed by atoms with E-state index in [1.165, 1.54) is 34.7 Å². The predicted molar refractivity (Wildman–Crippen MR) is 85.3 cm³/mol. The molecule has 0 saturated carbocycles. The maximum atomic E-state index is 12.3. The zero-order valence-corrected chi connectivity index (χ0v) is 13.3. The normalized spacial score (nSPS) is 14.5. The number of amides is 2. The number of carbonyl (C=O) groups is 1. The van der Waals surface area contributed by atoms with E-state index in [9.17, 15) is 13.2 Å². The highest BCUT2D eigenvalue weighted by molar-refractivity contribution is 7.89. The topological polar surface area (TPSA) is 92.5 Å². The van der Waals surface area contributed by atoms with Gasteiger partial charge in [0.05, 0.1) is 4.90 Å². The van der Waals surface area contributed by atoms with Crippen LogP contribution in [-0.2, 0) is 23.0 Å². The number of nitrogens with zero attached hydrogens (tertiary/aromatic N) is 1. The number of urea groups is 1. The number of fused-ring (bicyclic) bond motifs is 1. The molecule has 22 heavy (non-hydrogen) atoms. The van der Waals surface area contributed by atoms with Crippen molar-refractivity contribution in [2.45, 2.75) is 17.9 Å². The summed E-state index contributed by atoms with van der Waals surface area (Å²) < 4.78 is 22.4. The van der Waals surface area contributed by atoms with Crippen LogP contribution in [0.25, 0.3) is 0 Å². The van der Waals surface area contributed by atoms with Gasteiger partial charge in [-0.3, -0.25) is 0 Å². The number of thiophene rings is 1. The summed E-state index contributed by atoms with van der Waals surface area (Å²) >= 11 is 1.72.